The third kappa shape index (κ3) is 2.40. The minimum Gasteiger partial charge on any atom is -0.330 e. The van der Waals surface area contributed by atoms with Crippen LogP contribution in [0.15, 0.2) is 12.1 Å². The van der Waals surface area contributed by atoms with Crippen molar-refractivity contribution in [2.45, 2.75) is 37.5 Å². The second-order valence-corrected chi connectivity index (χ2v) is 7.39. The Morgan fingerprint density at radius 1 is 1.50 bits per heavy atom. The third-order valence-electron chi connectivity index (χ3n) is 3.89. The molecule has 0 spiro atoms. The van der Waals surface area contributed by atoms with Crippen molar-refractivity contribution in [3.63, 3.8) is 0 Å². The monoisotopic (exact) mass is 330 g/mol. The number of hydrogen-bond acceptors (Lipinski definition) is 2. The molecule has 1 aliphatic rings. The van der Waals surface area contributed by atoms with Gasteiger partial charge in [0.05, 0.1) is 16.1 Å². The molecule has 0 amide bonds. The van der Waals surface area contributed by atoms with E-state index < -0.39 is 5.82 Å². The fraction of sp³-hybridized carbons (Fsp3) is 0.500. The van der Waals surface area contributed by atoms with Crippen molar-refractivity contribution in [2.75, 3.05) is 5.75 Å². The molecule has 1 saturated carbocycles. The van der Waals surface area contributed by atoms with Gasteiger partial charge in [-0.15, -0.1) is 0 Å². The number of nitrogens with zero attached hydrogens (tertiary/aromatic N) is 1. The Hall–Kier alpha value is -0.520. The van der Waals surface area contributed by atoms with E-state index in [1.54, 1.807) is 6.07 Å². The molecule has 2 nitrogen and oxygen atoms in total. The Morgan fingerprint density at radius 2 is 2.30 bits per heavy atom. The summed E-state index contributed by atoms with van der Waals surface area (Å²) in [5.41, 5.74) is 1.64. The maximum Gasteiger partial charge on any atom is 0.178 e. The number of benzene rings is 1. The molecule has 3 rings (SSSR count). The number of fused-ring (bicyclic) bond motifs is 1. The van der Waals surface area contributed by atoms with Crippen LogP contribution in [0.2, 0.25) is 5.02 Å². The standard InChI is InChI=1S/C14H16ClFN2S2/c1-2-20-13-5-3-4-11(13)18-12-6-8(15)9(16)7-10(12)17-14(18)19/h6-7,11,13H,2-5H2,1H3,(H,17,19). The van der Waals surface area contributed by atoms with Crippen molar-refractivity contribution in [1.29, 1.82) is 0 Å². The average molecular weight is 331 g/mol. The number of H-pyrrole nitrogens is 1. The molecule has 1 fully saturated rings. The lowest BCUT2D eigenvalue weighted by atomic mass is 10.2. The van der Waals surface area contributed by atoms with Crippen molar-refractivity contribution in [1.82, 2.24) is 9.55 Å². The first-order chi connectivity index (χ1) is 9.61. The SMILES string of the molecule is CCSC1CCCC1n1c(=S)[nH]c2cc(F)c(Cl)cc21. The molecule has 2 atom stereocenters. The van der Waals surface area contributed by atoms with Crippen molar-refractivity contribution >= 4 is 46.6 Å². The first-order valence-electron chi connectivity index (χ1n) is 6.82. The molecule has 1 aromatic carbocycles. The second-order valence-electron chi connectivity index (χ2n) is 5.08. The van der Waals surface area contributed by atoms with E-state index in [1.165, 1.54) is 18.9 Å². The largest absolute Gasteiger partial charge is 0.330 e. The summed E-state index contributed by atoms with van der Waals surface area (Å²) in [6.07, 6.45) is 3.55. The van der Waals surface area contributed by atoms with Gasteiger partial charge in [0, 0.05) is 17.4 Å². The lowest BCUT2D eigenvalue weighted by Gasteiger charge is -2.21. The molecule has 2 aromatic rings. The van der Waals surface area contributed by atoms with E-state index >= 15 is 0 Å². The summed E-state index contributed by atoms with van der Waals surface area (Å²) in [6, 6.07) is 3.49. The number of aromatic amines is 1. The van der Waals surface area contributed by atoms with E-state index in [9.17, 15) is 4.39 Å². The highest BCUT2D eigenvalue weighted by Gasteiger charge is 2.30. The van der Waals surface area contributed by atoms with Crippen LogP contribution in [0.25, 0.3) is 11.0 Å². The Bertz CT molecular complexity index is 694. The Kier molecular flexibility index (Phi) is 4.11. The lowest BCUT2D eigenvalue weighted by Crippen LogP contribution is -2.16. The summed E-state index contributed by atoms with van der Waals surface area (Å²) >= 11 is 13.4. The number of thioether (sulfide) groups is 1. The van der Waals surface area contributed by atoms with Crippen LogP contribution >= 0.6 is 35.6 Å². The molecule has 0 radical (unpaired) electrons. The van der Waals surface area contributed by atoms with E-state index in [4.69, 9.17) is 23.8 Å². The fourth-order valence-corrected chi connectivity index (χ4v) is 4.80. The molecule has 1 aliphatic carbocycles. The van der Waals surface area contributed by atoms with Gasteiger partial charge in [0.25, 0.3) is 0 Å². The number of nitrogens with one attached hydrogen (secondary N) is 1. The highest BCUT2D eigenvalue weighted by atomic mass is 35.5. The van der Waals surface area contributed by atoms with Crippen LogP contribution in [0.4, 0.5) is 4.39 Å². The Balaban J connectivity index is 2.13. The van der Waals surface area contributed by atoms with Crippen molar-refractivity contribution in [3.05, 3.63) is 27.7 Å². The maximum absolute atomic E-state index is 13.6. The van der Waals surface area contributed by atoms with Crippen LogP contribution in [0.1, 0.15) is 32.2 Å². The van der Waals surface area contributed by atoms with E-state index in [-0.39, 0.29) is 5.02 Å². The molecule has 6 heteroatoms. The van der Waals surface area contributed by atoms with Gasteiger partial charge < -0.3 is 9.55 Å². The van der Waals surface area contributed by atoms with E-state index in [1.807, 2.05) is 11.8 Å². The molecule has 1 aromatic heterocycles. The molecule has 0 aliphatic heterocycles. The minimum atomic E-state index is -0.409. The van der Waals surface area contributed by atoms with Crippen LogP contribution in [0, 0.1) is 10.6 Å². The third-order valence-corrected chi connectivity index (χ3v) is 5.79. The van der Waals surface area contributed by atoms with Gasteiger partial charge in [0.15, 0.2) is 4.77 Å². The molecule has 108 valence electrons. The second kappa shape index (κ2) is 5.70. The van der Waals surface area contributed by atoms with Crippen molar-refractivity contribution in [2.24, 2.45) is 0 Å². The first kappa shape index (κ1) is 14.4. The molecule has 1 N–H and O–H groups in total. The van der Waals surface area contributed by atoms with Gasteiger partial charge >= 0.3 is 0 Å². The van der Waals surface area contributed by atoms with E-state index in [0.29, 0.717) is 16.1 Å². The smallest absolute Gasteiger partial charge is 0.178 e. The highest BCUT2D eigenvalue weighted by Crippen LogP contribution is 2.40. The zero-order valence-corrected chi connectivity index (χ0v) is 13.5. The molecular weight excluding hydrogens is 315 g/mol. The normalized spacial score (nSPS) is 22.8. The van der Waals surface area contributed by atoms with Gasteiger partial charge in [-0.2, -0.15) is 11.8 Å². The van der Waals surface area contributed by atoms with Crippen molar-refractivity contribution in [3.8, 4) is 0 Å². The molecule has 2 unspecified atom stereocenters. The number of hydrogen-bond donors (Lipinski definition) is 1. The van der Waals surface area contributed by atoms with E-state index in [0.717, 1.165) is 23.2 Å². The first-order valence-corrected chi connectivity index (χ1v) is 8.66. The molecule has 1 heterocycles. The summed E-state index contributed by atoms with van der Waals surface area (Å²) in [6.45, 7) is 2.18. The molecular formula is C14H16ClFN2S2. The predicted molar refractivity (Wildman–Crippen MR) is 86.9 cm³/mol. The summed E-state index contributed by atoms with van der Waals surface area (Å²) in [5.74, 6) is 0.695. The topological polar surface area (TPSA) is 20.7 Å². The zero-order chi connectivity index (χ0) is 14.3. The lowest BCUT2D eigenvalue weighted by molar-refractivity contribution is 0.536. The van der Waals surface area contributed by atoms with Crippen LogP contribution in [-0.2, 0) is 0 Å². The molecule has 0 bridgehead atoms. The van der Waals surface area contributed by atoms with Crippen LogP contribution in [-0.4, -0.2) is 20.6 Å². The van der Waals surface area contributed by atoms with E-state index in [2.05, 4.69) is 16.5 Å². The summed E-state index contributed by atoms with van der Waals surface area (Å²) in [5, 5.41) is 0.729. The van der Waals surface area contributed by atoms with Gasteiger partial charge in [-0.05, 0) is 36.9 Å². The fourth-order valence-electron chi connectivity index (χ4n) is 3.06. The van der Waals surface area contributed by atoms with Gasteiger partial charge in [0.2, 0.25) is 0 Å². The summed E-state index contributed by atoms with van der Waals surface area (Å²) < 4.78 is 16.4. The number of imidazole rings is 1. The minimum absolute atomic E-state index is 0.151. The quantitative estimate of drug-likeness (QED) is 0.767. The number of halogens is 2. The Labute approximate surface area is 131 Å². The highest BCUT2D eigenvalue weighted by molar-refractivity contribution is 7.99. The summed E-state index contributed by atoms with van der Waals surface area (Å²) in [7, 11) is 0. The number of aromatic nitrogens is 2. The van der Waals surface area contributed by atoms with Gasteiger partial charge in [-0.25, -0.2) is 4.39 Å². The molecule has 20 heavy (non-hydrogen) atoms. The van der Waals surface area contributed by atoms with Gasteiger partial charge in [0.1, 0.15) is 5.82 Å². The Morgan fingerprint density at radius 3 is 3.05 bits per heavy atom. The van der Waals surface area contributed by atoms with Crippen molar-refractivity contribution < 1.29 is 4.39 Å². The maximum atomic E-state index is 13.6. The van der Waals surface area contributed by atoms with Gasteiger partial charge in [-0.3, -0.25) is 0 Å². The number of rotatable bonds is 3. The zero-order valence-electron chi connectivity index (χ0n) is 11.2. The van der Waals surface area contributed by atoms with Gasteiger partial charge in [-0.1, -0.05) is 24.9 Å². The van der Waals surface area contributed by atoms with Crippen LogP contribution < -0.4 is 0 Å². The summed E-state index contributed by atoms with van der Waals surface area (Å²) in [4.78, 5) is 3.10. The van der Waals surface area contributed by atoms with Crippen LogP contribution in [0.3, 0.4) is 0 Å². The molecule has 0 saturated heterocycles. The van der Waals surface area contributed by atoms with Crippen LogP contribution in [0.5, 0.6) is 0 Å². The predicted octanol–water partition coefficient (Wildman–Crippen LogP) is 5.34. The average Bonchev–Trinajstić information content (AvgIpc) is 2.95.